The van der Waals surface area contributed by atoms with Crippen LogP contribution in [0.3, 0.4) is 0 Å². The quantitative estimate of drug-likeness (QED) is 0.492. The van der Waals surface area contributed by atoms with Crippen LogP contribution in [0.15, 0.2) is 42.6 Å². The molecule has 6 nitrogen and oxygen atoms in total. The summed E-state index contributed by atoms with van der Waals surface area (Å²) in [4.78, 5) is 13.1. The number of fused-ring (bicyclic) bond motifs is 1. The Bertz CT molecular complexity index is 844. The fourth-order valence-corrected chi connectivity index (χ4v) is 4.63. The van der Waals surface area contributed by atoms with E-state index in [-0.39, 0.29) is 16.7 Å². The summed E-state index contributed by atoms with van der Waals surface area (Å²) in [5.41, 5.74) is 2.13. The number of nitro groups is 1. The Balaban J connectivity index is 1.65. The number of nitrogens with one attached hydrogen (secondary N) is 1. The van der Waals surface area contributed by atoms with Crippen LogP contribution in [0.5, 0.6) is 0 Å². The Kier molecular flexibility index (Phi) is 5.11. The maximum atomic E-state index is 11.3. The van der Waals surface area contributed by atoms with Crippen molar-refractivity contribution in [3.05, 3.63) is 64.0 Å². The Labute approximate surface area is 164 Å². The van der Waals surface area contributed by atoms with E-state index in [0.29, 0.717) is 6.04 Å². The van der Waals surface area contributed by atoms with Crippen molar-refractivity contribution in [1.29, 1.82) is 0 Å². The fourth-order valence-electron chi connectivity index (χ4n) is 4.27. The Morgan fingerprint density at radius 1 is 1.15 bits per heavy atom. The second kappa shape index (κ2) is 7.68. The van der Waals surface area contributed by atoms with Gasteiger partial charge in [0.1, 0.15) is 0 Å². The molecule has 1 aromatic heterocycles. The van der Waals surface area contributed by atoms with Gasteiger partial charge in [-0.15, -0.1) is 0 Å². The highest BCUT2D eigenvalue weighted by atomic mass is 32.1. The molecule has 1 aromatic carbocycles. The summed E-state index contributed by atoms with van der Waals surface area (Å²) in [7, 11) is 0. The number of hydrogen-bond donors (Lipinski definition) is 1. The summed E-state index contributed by atoms with van der Waals surface area (Å²) < 4.78 is 2.21. The van der Waals surface area contributed by atoms with Gasteiger partial charge in [0.05, 0.1) is 11.0 Å². The molecule has 1 aliphatic heterocycles. The second-order valence-corrected chi connectivity index (χ2v) is 7.75. The monoisotopic (exact) mass is 384 g/mol. The molecule has 142 valence electrons. The largest absolute Gasteiger partial charge is 0.360 e. The third-order valence-corrected chi connectivity index (χ3v) is 5.98. The van der Waals surface area contributed by atoms with Crippen molar-refractivity contribution < 1.29 is 4.92 Å². The van der Waals surface area contributed by atoms with E-state index in [1.807, 2.05) is 12.1 Å². The highest BCUT2D eigenvalue weighted by Gasteiger charge is 2.32. The van der Waals surface area contributed by atoms with Gasteiger partial charge in [-0.2, -0.15) is 0 Å². The minimum atomic E-state index is -0.339. The maximum absolute atomic E-state index is 11.3. The molecule has 1 fully saturated rings. The summed E-state index contributed by atoms with van der Waals surface area (Å²) in [6.45, 7) is 1.65. The minimum Gasteiger partial charge on any atom is -0.360 e. The first-order chi connectivity index (χ1) is 13.1. The molecule has 1 aliphatic carbocycles. The smallest absolute Gasteiger partial charge is 0.269 e. The van der Waals surface area contributed by atoms with Crippen LogP contribution in [0.1, 0.15) is 49.4 Å². The van der Waals surface area contributed by atoms with E-state index in [1.54, 1.807) is 12.1 Å². The average molecular weight is 385 g/mol. The van der Waals surface area contributed by atoms with Crippen molar-refractivity contribution in [2.45, 2.75) is 50.7 Å². The summed E-state index contributed by atoms with van der Waals surface area (Å²) >= 11 is 5.79. The van der Waals surface area contributed by atoms with E-state index < -0.39 is 0 Å². The first-order valence-corrected chi connectivity index (χ1v) is 10.0. The number of nitro benzene ring substituents is 1. The predicted octanol–water partition coefficient (Wildman–Crippen LogP) is 4.01. The zero-order chi connectivity index (χ0) is 18.8. The van der Waals surface area contributed by atoms with Gasteiger partial charge in [-0.05, 0) is 42.8 Å². The van der Waals surface area contributed by atoms with Gasteiger partial charge < -0.3 is 14.8 Å². The molecule has 27 heavy (non-hydrogen) atoms. The molecular weight excluding hydrogens is 360 g/mol. The first kappa shape index (κ1) is 18.0. The van der Waals surface area contributed by atoms with E-state index in [1.165, 1.54) is 25.3 Å². The highest BCUT2D eigenvalue weighted by molar-refractivity contribution is 7.80. The Morgan fingerprint density at radius 2 is 1.96 bits per heavy atom. The lowest BCUT2D eigenvalue weighted by atomic mass is 9.95. The zero-order valence-corrected chi connectivity index (χ0v) is 16.0. The van der Waals surface area contributed by atoms with Crippen LogP contribution in [-0.2, 0) is 6.54 Å². The minimum absolute atomic E-state index is 0.113. The molecule has 1 N–H and O–H groups in total. The van der Waals surface area contributed by atoms with E-state index in [9.17, 15) is 10.1 Å². The van der Waals surface area contributed by atoms with Gasteiger partial charge in [-0.1, -0.05) is 31.4 Å². The van der Waals surface area contributed by atoms with Crippen LogP contribution in [0, 0.1) is 10.1 Å². The van der Waals surface area contributed by atoms with E-state index in [0.717, 1.165) is 42.3 Å². The van der Waals surface area contributed by atoms with E-state index >= 15 is 0 Å². The Hall–Kier alpha value is -2.41. The van der Waals surface area contributed by atoms with Crippen molar-refractivity contribution in [2.24, 2.45) is 0 Å². The molecule has 0 radical (unpaired) electrons. The van der Waals surface area contributed by atoms with Crippen molar-refractivity contribution in [3.8, 4) is 0 Å². The molecule has 2 aliphatic rings. The lowest BCUT2D eigenvalue weighted by Crippen LogP contribution is -2.50. The van der Waals surface area contributed by atoms with Crippen LogP contribution in [0.25, 0.3) is 0 Å². The molecule has 2 aromatic rings. The third-order valence-electron chi connectivity index (χ3n) is 5.63. The third kappa shape index (κ3) is 3.69. The standard InChI is InChI=1S/C20H24N4O2S/c25-24(26)17-9-4-6-15(14-17)19-18-10-5-11-22(18)12-13-23(19)20(27)21-16-7-2-1-3-8-16/h4-6,9-11,14,16,19H,1-3,7-8,12-13H2,(H,21,27). The van der Waals surface area contributed by atoms with Crippen LogP contribution < -0.4 is 5.32 Å². The fraction of sp³-hybridized carbons (Fsp3) is 0.450. The highest BCUT2D eigenvalue weighted by Crippen LogP contribution is 2.34. The van der Waals surface area contributed by atoms with Crippen LogP contribution in [0.4, 0.5) is 5.69 Å². The summed E-state index contributed by atoms with van der Waals surface area (Å²) in [6, 6.07) is 11.3. The molecule has 0 bridgehead atoms. The maximum Gasteiger partial charge on any atom is 0.269 e. The van der Waals surface area contributed by atoms with Gasteiger partial charge >= 0.3 is 0 Å². The predicted molar refractivity (Wildman–Crippen MR) is 109 cm³/mol. The molecule has 1 unspecified atom stereocenters. The molecule has 1 atom stereocenters. The average Bonchev–Trinajstić information content (AvgIpc) is 3.16. The van der Waals surface area contributed by atoms with Gasteiger partial charge in [-0.3, -0.25) is 10.1 Å². The number of benzene rings is 1. The summed E-state index contributed by atoms with van der Waals surface area (Å²) in [5.74, 6) is 0. The molecular formula is C20H24N4O2S. The number of thiocarbonyl (C=S) groups is 1. The molecule has 7 heteroatoms. The van der Waals surface area contributed by atoms with Crippen molar-refractivity contribution in [3.63, 3.8) is 0 Å². The number of non-ortho nitro benzene ring substituents is 1. The first-order valence-electron chi connectivity index (χ1n) is 9.60. The van der Waals surface area contributed by atoms with Gasteiger partial charge in [0.2, 0.25) is 0 Å². The van der Waals surface area contributed by atoms with Crippen LogP contribution in [0.2, 0.25) is 0 Å². The summed E-state index contributed by atoms with van der Waals surface area (Å²) in [6.07, 6.45) is 8.18. The molecule has 4 rings (SSSR count). The molecule has 2 heterocycles. The number of rotatable bonds is 3. The van der Waals surface area contributed by atoms with E-state index in [2.05, 4.69) is 27.0 Å². The van der Waals surface area contributed by atoms with Crippen molar-refractivity contribution in [2.75, 3.05) is 6.54 Å². The SMILES string of the molecule is O=[N+]([O-])c1cccc(C2c3cccn3CCN2C(=S)NC2CCCCC2)c1. The second-order valence-electron chi connectivity index (χ2n) is 7.36. The van der Waals surface area contributed by atoms with Gasteiger partial charge in [0.15, 0.2) is 5.11 Å². The normalized spacial score (nSPS) is 20.1. The van der Waals surface area contributed by atoms with E-state index in [4.69, 9.17) is 12.2 Å². The number of aromatic nitrogens is 1. The molecule has 0 amide bonds. The van der Waals surface area contributed by atoms with Crippen LogP contribution in [-0.4, -0.2) is 32.1 Å². The van der Waals surface area contributed by atoms with Gasteiger partial charge in [0, 0.05) is 43.2 Å². The van der Waals surface area contributed by atoms with Crippen LogP contribution >= 0.6 is 12.2 Å². The van der Waals surface area contributed by atoms with Gasteiger partial charge in [0.25, 0.3) is 5.69 Å². The van der Waals surface area contributed by atoms with Gasteiger partial charge in [-0.25, -0.2) is 0 Å². The summed E-state index contributed by atoms with van der Waals surface area (Å²) in [5, 5.41) is 15.6. The molecule has 1 saturated carbocycles. The van der Waals surface area contributed by atoms with Crippen molar-refractivity contribution in [1.82, 2.24) is 14.8 Å². The number of nitrogens with zero attached hydrogens (tertiary/aromatic N) is 3. The lowest BCUT2D eigenvalue weighted by Gasteiger charge is -2.40. The molecule has 0 saturated heterocycles. The van der Waals surface area contributed by atoms with Crippen molar-refractivity contribution >= 4 is 23.0 Å². The molecule has 0 spiro atoms. The topological polar surface area (TPSA) is 63.3 Å². The Morgan fingerprint density at radius 3 is 2.74 bits per heavy atom. The lowest BCUT2D eigenvalue weighted by molar-refractivity contribution is -0.384. The zero-order valence-electron chi connectivity index (χ0n) is 15.2. The number of hydrogen-bond acceptors (Lipinski definition) is 3.